The smallest absolute Gasteiger partial charge is 0.00952 e. The first-order chi connectivity index (χ1) is 6.38. The molecular weight excluding hydrogens is 177 g/mol. The maximum Gasteiger partial charge on any atom is 0.00952 e. The first-order valence-corrected chi connectivity index (χ1v) is 6.12. The van der Waals surface area contributed by atoms with Crippen LogP contribution >= 0.6 is 0 Å². The monoisotopic (exact) mass is 203 g/mol. The third-order valence-electron chi connectivity index (χ3n) is 3.15. The standard InChI is InChI=1S/C12H25N.FH/c1-3-5-8-12-9-6-7-11-13(12)10-4-2;/h12H,3-11H2,1-2H3;1H. The van der Waals surface area contributed by atoms with Crippen LogP contribution < -0.4 is 0 Å². The van der Waals surface area contributed by atoms with E-state index in [0.717, 1.165) is 6.04 Å². The fourth-order valence-electron chi connectivity index (χ4n) is 2.41. The molecule has 86 valence electrons. The zero-order valence-electron chi connectivity index (χ0n) is 9.80. The second kappa shape index (κ2) is 8.22. The van der Waals surface area contributed by atoms with Crippen LogP contribution in [0.3, 0.4) is 0 Å². The van der Waals surface area contributed by atoms with Crippen LogP contribution in [0, 0.1) is 0 Å². The summed E-state index contributed by atoms with van der Waals surface area (Å²) in [5.74, 6) is 0. The van der Waals surface area contributed by atoms with Gasteiger partial charge in [-0.25, -0.2) is 0 Å². The van der Waals surface area contributed by atoms with E-state index in [1.54, 1.807) is 0 Å². The van der Waals surface area contributed by atoms with Gasteiger partial charge >= 0.3 is 0 Å². The van der Waals surface area contributed by atoms with Gasteiger partial charge in [-0.3, -0.25) is 4.70 Å². The maximum atomic E-state index is 2.72. The van der Waals surface area contributed by atoms with Gasteiger partial charge in [0.2, 0.25) is 0 Å². The zero-order valence-corrected chi connectivity index (χ0v) is 9.80. The van der Waals surface area contributed by atoms with Gasteiger partial charge in [-0.05, 0) is 38.8 Å². The molecule has 0 aromatic carbocycles. The maximum absolute atomic E-state index is 2.72. The molecule has 2 heteroatoms. The van der Waals surface area contributed by atoms with Crippen molar-refractivity contribution in [1.82, 2.24) is 4.90 Å². The first-order valence-electron chi connectivity index (χ1n) is 6.12. The fraction of sp³-hybridized carbons (Fsp3) is 1.00. The van der Waals surface area contributed by atoms with E-state index < -0.39 is 0 Å². The summed E-state index contributed by atoms with van der Waals surface area (Å²) in [4.78, 5) is 2.72. The van der Waals surface area contributed by atoms with Crippen molar-refractivity contribution in [2.75, 3.05) is 13.1 Å². The highest BCUT2D eigenvalue weighted by Gasteiger charge is 2.20. The molecule has 1 aliphatic rings. The van der Waals surface area contributed by atoms with Crippen LogP contribution in [0.25, 0.3) is 0 Å². The normalized spacial score (nSPS) is 23.1. The van der Waals surface area contributed by atoms with Crippen molar-refractivity contribution in [3.05, 3.63) is 0 Å². The van der Waals surface area contributed by atoms with Gasteiger partial charge in [0.25, 0.3) is 0 Å². The van der Waals surface area contributed by atoms with E-state index in [2.05, 4.69) is 18.7 Å². The Morgan fingerprint density at radius 2 is 1.93 bits per heavy atom. The highest BCUT2D eigenvalue weighted by Crippen LogP contribution is 2.21. The molecule has 0 aromatic rings. The summed E-state index contributed by atoms with van der Waals surface area (Å²) in [6.45, 7) is 7.29. The molecule has 1 saturated heterocycles. The van der Waals surface area contributed by atoms with Crippen molar-refractivity contribution >= 4 is 0 Å². The Labute approximate surface area is 88.2 Å². The summed E-state index contributed by atoms with van der Waals surface area (Å²) < 4.78 is 0. The number of nitrogens with zero attached hydrogens (tertiary/aromatic N) is 1. The molecular formula is C12H26FN. The van der Waals surface area contributed by atoms with Crippen LogP contribution in [0.15, 0.2) is 0 Å². The number of rotatable bonds is 5. The number of halogens is 1. The lowest BCUT2D eigenvalue weighted by Crippen LogP contribution is -2.39. The minimum absolute atomic E-state index is 0. The second-order valence-corrected chi connectivity index (χ2v) is 4.33. The summed E-state index contributed by atoms with van der Waals surface area (Å²) in [7, 11) is 0. The van der Waals surface area contributed by atoms with E-state index in [0.29, 0.717) is 0 Å². The van der Waals surface area contributed by atoms with Gasteiger partial charge in [0.1, 0.15) is 0 Å². The minimum Gasteiger partial charge on any atom is -0.300 e. The van der Waals surface area contributed by atoms with Gasteiger partial charge in [-0.1, -0.05) is 33.1 Å². The van der Waals surface area contributed by atoms with Gasteiger partial charge in [-0.2, -0.15) is 0 Å². The van der Waals surface area contributed by atoms with Gasteiger partial charge < -0.3 is 4.90 Å². The summed E-state index contributed by atoms with van der Waals surface area (Å²) in [6, 6.07) is 0.925. The lowest BCUT2D eigenvalue weighted by molar-refractivity contribution is 0.138. The fourth-order valence-corrected chi connectivity index (χ4v) is 2.41. The van der Waals surface area contributed by atoms with E-state index in [9.17, 15) is 0 Å². The Balaban J connectivity index is 0.00000169. The SMILES string of the molecule is CCCCC1CCCCN1CCC.F. The Morgan fingerprint density at radius 3 is 2.57 bits per heavy atom. The molecule has 0 amide bonds. The van der Waals surface area contributed by atoms with E-state index in [1.165, 1.54) is 58.0 Å². The Bertz CT molecular complexity index is 125. The Hall–Kier alpha value is -0.110. The quantitative estimate of drug-likeness (QED) is 0.660. The molecule has 0 saturated carbocycles. The summed E-state index contributed by atoms with van der Waals surface area (Å²) in [6.07, 6.45) is 9.90. The highest BCUT2D eigenvalue weighted by molar-refractivity contribution is 4.76. The predicted octanol–water partition coefficient (Wildman–Crippen LogP) is 3.59. The lowest BCUT2D eigenvalue weighted by atomic mass is 9.97. The van der Waals surface area contributed by atoms with Gasteiger partial charge in [0.15, 0.2) is 0 Å². The second-order valence-electron chi connectivity index (χ2n) is 4.33. The average molecular weight is 203 g/mol. The molecule has 0 radical (unpaired) electrons. The third-order valence-corrected chi connectivity index (χ3v) is 3.15. The van der Waals surface area contributed by atoms with Crippen LogP contribution in [0.1, 0.15) is 58.8 Å². The van der Waals surface area contributed by atoms with Crippen LogP contribution in [-0.2, 0) is 0 Å². The van der Waals surface area contributed by atoms with Gasteiger partial charge in [0, 0.05) is 6.04 Å². The number of unbranched alkanes of at least 4 members (excludes halogenated alkanes) is 1. The molecule has 1 unspecified atom stereocenters. The van der Waals surface area contributed by atoms with E-state index in [1.807, 2.05) is 0 Å². The molecule has 0 aromatic heterocycles. The molecule has 1 fully saturated rings. The average Bonchev–Trinajstić information content (AvgIpc) is 2.17. The van der Waals surface area contributed by atoms with Crippen molar-refractivity contribution in [2.45, 2.75) is 64.8 Å². The number of hydrogen-bond donors (Lipinski definition) is 0. The molecule has 0 bridgehead atoms. The summed E-state index contributed by atoms with van der Waals surface area (Å²) in [5.41, 5.74) is 0. The molecule has 14 heavy (non-hydrogen) atoms. The molecule has 0 N–H and O–H groups in total. The number of piperidine rings is 1. The minimum atomic E-state index is 0. The van der Waals surface area contributed by atoms with E-state index >= 15 is 0 Å². The first kappa shape index (κ1) is 13.9. The van der Waals surface area contributed by atoms with Crippen molar-refractivity contribution in [3.63, 3.8) is 0 Å². The van der Waals surface area contributed by atoms with Crippen molar-refractivity contribution < 1.29 is 4.70 Å². The van der Waals surface area contributed by atoms with Gasteiger partial charge in [0.05, 0.1) is 0 Å². The largest absolute Gasteiger partial charge is 0.300 e. The Kier molecular flexibility index (Phi) is 8.15. The molecule has 1 heterocycles. The van der Waals surface area contributed by atoms with Gasteiger partial charge in [-0.15, -0.1) is 0 Å². The number of hydrogen-bond acceptors (Lipinski definition) is 1. The van der Waals surface area contributed by atoms with Crippen molar-refractivity contribution in [1.29, 1.82) is 0 Å². The molecule has 0 aliphatic carbocycles. The van der Waals surface area contributed by atoms with Crippen LogP contribution in [-0.4, -0.2) is 24.0 Å². The topological polar surface area (TPSA) is 3.24 Å². The predicted molar refractivity (Wildman–Crippen MR) is 61.5 cm³/mol. The van der Waals surface area contributed by atoms with E-state index in [4.69, 9.17) is 0 Å². The summed E-state index contributed by atoms with van der Waals surface area (Å²) >= 11 is 0. The van der Waals surface area contributed by atoms with Crippen LogP contribution in [0.5, 0.6) is 0 Å². The van der Waals surface area contributed by atoms with Crippen molar-refractivity contribution in [3.8, 4) is 0 Å². The molecule has 1 nitrogen and oxygen atoms in total. The number of likely N-dealkylation sites (tertiary alicyclic amines) is 1. The lowest BCUT2D eigenvalue weighted by Gasteiger charge is -2.35. The third kappa shape index (κ3) is 4.41. The highest BCUT2D eigenvalue weighted by atomic mass is 19.0. The van der Waals surface area contributed by atoms with E-state index in [-0.39, 0.29) is 4.70 Å². The molecule has 1 atom stereocenters. The van der Waals surface area contributed by atoms with Crippen LogP contribution in [0.4, 0.5) is 4.70 Å². The Morgan fingerprint density at radius 1 is 1.14 bits per heavy atom. The molecule has 1 aliphatic heterocycles. The zero-order chi connectivity index (χ0) is 9.52. The molecule has 0 spiro atoms. The molecule has 1 rings (SSSR count). The summed E-state index contributed by atoms with van der Waals surface area (Å²) in [5, 5.41) is 0. The van der Waals surface area contributed by atoms with Crippen molar-refractivity contribution in [2.24, 2.45) is 0 Å². The van der Waals surface area contributed by atoms with Crippen LogP contribution in [0.2, 0.25) is 0 Å².